The van der Waals surface area contributed by atoms with Crippen molar-refractivity contribution >= 4 is 103 Å². The molecule has 0 atom stereocenters. The van der Waals surface area contributed by atoms with Crippen LogP contribution in [0.2, 0.25) is 0 Å². The number of para-hydroxylation sites is 3. The third-order valence-electron chi connectivity index (χ3n) is 12.2. The molecule has 13 aromatic rings. The van der Waals surface area contributed by atoms with Crippen LogP contribution >= 0.6 is 11.3 Å². The largest absolute Gasteiger partial charge is 0.310 e. The molecule has 0 fully saturated rings. The first kappa shape index (κ1) is 31.8. The van der Waals surface area contributed by atoms with Gasteiger partial charge in [0.2, 0.25) is 0 Å². The van der Waals surface area contributed by atoms with Crippen LogP contribution in [0.15, 0.2) is 200 Å². The molecule has 0 saturated heterocycles. The number of aromatic nitrogens is 2. The molecule has 0 aliphatic heterocycles. The second kappa shape index (κ2) is 12.1. The monoisotopic (exact) mass is 755 g/mol. The average Bonchev–Trinajstić information content (AvgIpc) is 3.95. The summed E-state index contributed by atoms with van der Waals surface area (Å²) in [6, 6.07) is 73.6. The van der Waals surface area contributed by atoms with Gasteiger partial charge >= 0.3 is 0 Å². The summed E-state index contributed by atoms with van der Waals surface area (Å²) in [6.07, 6.45) is 0. The first-order valence-electron chi connectivity index (χ1n) is 19.8. The molecule has 0 unspecified atom stereocenters. The molecule has 58 heavy (non-hydrogen) atoms. The number of nitrogens with zero attached hydrogens (tertiary/aromatic N) is 3. The third-order valence-corrected chi connectivity index (χ3v) is 13.3. The lowest BCUT2D eigenvalue weighted by Crippen LogP contribution is -2.09. The fourth-order valence-electron chi connectivity index (χ4n) is 9.63. The Balaban J connectivity index is 0.930. The molecule has 0 bridgehead atoms. The third kappa shape index (κ3) is 4.49. The van der Waals surface area contributed by atoms with Gasteiger partial charge in [-0.3, -0.25) is 0 Å². The van der Waals surface area contributed by atoms with Crippen molar-refractivity contribution in [2.45, 2.75) is 0 Å². The smallest absolute Gasteiger partial charge is 0.0789 e. The lowest BCUT2D eigenvalue weighted by atomic mass is 9.98. The quantitative estimate of drug-likeness (QED) is 0.159. The molecule has 13 rings (SSSR count). The van der Waals surface area contributed by atoms with Gasteiger partial charge < -0.3 is 13.7 Å². The standard InChI is InChI=1S/C54H33N3S/c1-2-13-38(14-3-1)55(40-26-27-44-43-17-6-9-20-51(43)58-52(44)33-40)39-24-21-34(22-25-39)35-11-10-12-36(31-35)37-23-30-49-50(32-37)57-48-19-8-5-16-42(48)46-29-28-45-41-15-4-7-18-47(41)56(49)53(45)54(46)57/h1-33H. The number of benzene rings is 9. The van der Waals surface area contributed by atoms with Crippen molar-refractivity contribution in [3.05, 3.63) is 200 Å². The molecule has 0 N–H and O–H groups in total. The average molecular weight is 756 g/mol. The van der Waals surface area contributed by atoms with Crippen molar-refractivity contribution in [3.63, 3.8) is 0 Å². The molecule has 4 aromatic heterocycles. The van der Waals surface area contributed by atoms with Crippen molar-refractivity contribution in [2.24, 2.45) is 0 Å². The van der Waals surface area contributed by atoms with Crippen molar-refractivity contribution in [2.75, 3.05) is 4.90 Å². The number of hydrogen-bond donors (Lipinski definition) is 0. The Labute approximate surface area is 337 Å². The lowest BCUT2D eigenvalue weighted by Gasteiger charge is -2.25. The van der Waals surface area contributed by atoms with E-state index in [0.717, 1.165) is 17.1 Å². The predicted molar refractivity (Wildman–Crippen MR) is 248 cm³/mol. The highest BCUT2D eigenvalue weighted by molar-refractivity contribution is 7.25. The first-order chi connectivity index (χ1) is 28.8. The Kier molecular flexibility index (Phi) is 6.60. The van der Waals surface area contributed by atoms with E-state index in [2.05, 4.69) is 214 Å². The Morgan fingerprint density at radius 2 is 0.828 bits per heavy atom. The second-order valence-electron chi connectivity index (χ2n) is 15.3. The number of fused-ring (bicyclic) bond motifs is 12. The number of anilines is 3. The molecular weight excluding hydrogens is 723 g/mol. The highest BCUT2D eigenvalue weighted by atomic mass is 32.1. The maximum atomic E-state index is 2.50. The maximum absolute atomic E-state index is 2.50. The van der Waals surface area contributed by atoms with Gasteiger partial charge in [-0.2, -0.15) is 0 Å². The minimum atomic E-state index is 1.12. The van der Waals surface area contributed by atoms with Gasteiger partial charge in [0.25, 0.3) is 0 Å². The molecule has 9 aromatic carbocycles. The normalized spacial score (nSPS) is 12.1. The summed E-state index contributed by atoms with van der Waals surface area (Å²) in [7, 11) is 0. The second-order valence-corrected chi connectivity index (χ2v) is 16.4. The molecule has 270 valence electrons. The summed E-state index contributed by atoms with van der Waals surface area (Å²) in [5.74, 6) is 0. The van der Waals surface area contributed by atoms with E-state index in [-0.39, 0.29) is 0 Å². The number of thiophene rings is 1. The number of rotatable bonds is 5. The Morgan fingerprint density at radius 1 is 0.293 bits per heavy atom. The Hall–Kier alpha value is -7.40. The minimum absolute atomic E-state index is 1.12. The fourth-order valence-corrected chi connectivity index (χ4v) is 10.8. The maximum Gasteiger partial charge on any atom is 0.0789 e. The van der Waals surface area contributed by atoms with Gasteiger partial charge in [0.1, 0.15) is 0 Å². The molecule has 4 heterocycles. The van der Waals surface area contributed by atoms with Gasteiger partial charge in [-0.25, -0.2) is 0 Å². The van der Waals surface area contributed by atoms with Crippen molar-refractivity contribution < 1.29 is 0 Å². The molecular formula is C54H33N3S. The zero-order chi connectivity index (χ0) is 37.9. The Morgan fingerprint density at radius 3 is 1.57 bits per heavy atom. The number of hydrogen-bond acceptors (Lipinski definition) is 2. The molecule has 0 radical (unpaired) electrons. The van der Waals surface area contributed by atoms with Gasteiger partial charge in [0.05, 0.1) is 33.1 Å². The summed E-state index contributed by atoms with van der Waals surface area (Å²) in [6.45, 7) is 0. The van der Waals surface area contributed by atoms with Crippen molar-refractivity contribution in [1.82, 2.24) is 8.80 Å². The van der Waals surface area contributed by atoms with E-state index in [1.54, 1.807) is 0 Å². The summed E-state index contributed by atoms with van der Waals surface area (Å²) in [4.78, 5) is 2.36. The zero-order valence-corrected chi connectivity index (χ0v) is 32.1. The molecule has 0 saturated carbocycles. The van der Waals surface area contributed by atoms with Crippen molar-refractivity contribution in [1.29, 1.82) is 0 Å². The lowest BCUT2D eigenvalue weighted by molar-refractivity contribution is 1.26. The van der Waals surface area contributed by atoms with Gasteiger partial charge in [0, 0.05) is 58.8 Å². The zero-order valence-electron chi connectivity index (χ0n) is 31.3. The van der Waals surface area contributed by atoms with Gasteiger partial charge in [-0.05, 0) is 95.1 Å². The highest BCUT2D eigenvalue weighted by Gasteiger charge is 2.22. The minimum Gasteiger partial charge on any atom is -0.310 e. The van der Waals surface area contributed by atoms with Crippen LogP contribution in [-0.4, -0.2) is 8.80 Å². The summed E-state index contributed by atoms with van der Waals surface area (Å²) >= 11 is 1.86. The van der Waals surface area contributed by atoms with E-state index in [0.29, 0.717) is 0 Å². The molecule has 3 nitrogen and oxygen atoms in total. The van der Waals surface area contributed by atoms with E-state index in [4.69, 9.17) is 0 Å². The van der Waals surface area contributed by atoms with E-state index in [1.807, 2.05) is 11.3 Å². The highest BCUT2D eigenvalue weighted by Crippen LogP contribution is 2.44. The van der Waals surface area contributed by atoms with Gasteiger partial charge in [0.15, 0.2) is 0 Å². The van der Waals surface area contributed by atoms with Crippen LogP contribution in [0.1, 0.15) is 0 Å². The van der Waals surface area contributed by atoms with E-state index in [9.17, 15) is 0 Å². The van der Waals surface area contributed by atoms with Crippen LogP contribution in [-0.2, 0) is 0 Å². The van der Waals surface area contributed by atoms with Crippen molar-refractivity contribution in [3.8, 4) is 22.3 Å². The van der Waals surface area contributed by atoms with Crippen LogP contribution in [0.25, 0.3) is 97.1 Å². The molecule has 0 spiro atoms. The van der Waals surface area contributed by atoms with E-state index >= 15 is 0 Å². The van der Waals surface area contributed by atoms with Crippen LogP contribution in [0, 0.1) is 0 Å². The molecule has 0 aliphatic carbocycles. The molecule has 4 heteroatoms. The Bertz CT molecular complexity index is 3740. The summed E-state index contributed by atoms with van der Waals surface area (Å²) < 4.78 is 7.61. The van der Waals surface area contributed by atoms with Crippen LogP contribution in [0.3, 0.4) is 0 Å². The van der Waals surface area contributed by atoms with E-state index < -0.39 is 0 Å². The van der Waals surface area contributed by atoms with Crippen LogP contribution < -0.4 is 4.90 Å². The summed E-state index contributed by atoms with van der Waals surface area (Å²) in [5.41, 5.74) is 15.6. The van der Waals surface area contributed by atoms with E-state index in [1.165, 1.54) is 97.1 Å². The predicted octanol–water partition coefficient (Wildman–Crippen LogP) is 15.4. The summed E-state index contributed by atoms with van der Waals surface area (Å²) in [5, 5.41) is 7.79. The first-order valence-corrected chi connectivity index (χ1v) is 20.7. The molecule has 0 aliphatic rings. The topological polar surface area (TPSA) is 12.1 Å². The van der Waals surface area contributed by atoms with Gasteiger partial charge in [-0.1, -0.05) is 127 Å². The van der Waals surface area contributed by atoms with Crippen LogP contribution in [0.5, 0.6) is 0 Å². The molecule has 0 amide bonds. The van der Waals surface area contributed by atoms with Gasteiger partial charge in [-0.15, -0.1) is 11.3 Å². The van der Waals surface area contributed by atoms with Crippen LogP contribution in [0.4, 0.5) is 17.1 Å². The fraction of sp³-hybridized carbons (Fsp3) is 0. The SMILES string of the molecule is c1ccc(N(c2ccc(-c3cccc(-c4ccc5c(c4)n4c6ccccc6c6ccc7c8ccccc8n5c7c64)c3)cc2)c2ccc3c(c2)sc2ccccc23)cc1.